The molecule has 0 atom stereocenters. The predicted molar refractivity (Wildman–Crippen MR) is 107 cm³/mol. The molecular weight excluding hydrogens is 338 g/mol. The first-order chi connectivity index (χ1) is 13.1. The number of ether oxygens (including phenoxy) is 1. The highest BCUT2D eigenvalue weighted by atomic mass is 16.5. The Kier molecular flexibility index (Phi) is 6.05. The van der Waals surface area contributed by atoms with Gasteiger partial charge in [0, 0.05) is 12.7 Å². The molecule has 0 radical (unpaired) electrons. The fourth-order valence-corrected chi connectivity index (χ4v) is 2.59. The van der Waals surface area contributed by atoms with Crippen molar-refractivity contribution in [3.05, 3.63) is 84.2 Å². The molecule has 1 amide bonds. The monoisotopic (exact) mass is 361 g/mol. The zero-order valence-electron chi connectivity index (χ0n) is 15.5. The molecule has 5 heteroatoms. The fourth-order valence-electron chi connectivity index (χ4n) is 2.59. The van der Waals surface area contributed by atoms with E-state index in [1.165, 1.54) is 0 Å². The highest BCUT2D eigenvalue weighted by Crippen LogP contribution is 2.28. The second kappa shape index (κ2) is 8.85. The molecule has 0 aliphatic heterocycles. The summed E-state index contributed by atoms with van der Waals surface area (Å²) in [6.45, 7) is 4.44. The molecule has 0 fully saturated rings. The average molecular weight is 361 g/mol. The molecule has 0 saturated carbocycles. The van der Waals surface area contributed by atoms with E-state index in [9.17, 15) is 4.79 Å². The minimum absolute atomic E-state index is 0.0705. The number of carbonyl (C=O) groups excluding carboxylic acids is 1. The number of benzene rings is 2. The minimum Gasteiger partial charge on any atom is -0.489 e. The van der Waals surface area contributed by atoms with Crippen molar-refractivity contribution in [2.45, 2.75) is 26.5 Å². The molecule has 3 rings (SSSR count). The highest BCUT2D eigenvalue weighted by molar-refractivity contribution is 5.94. The van der Waals surface area contributed by atoms with Gasteiger partial charge < -0.3 is 15.4 Å². The number of hydrogen-bond donors (Lipinski definition) is 2. The van der Waals surface area contributed by atoms with Crippen molar-refractivity contribution in [2.24, 2.45) is 0 Å². The van der Waals surface area contributed by atoms with Gasteiger partial charge in [-0.15, -0.1) is 0 Å². The molecule has 0 aliphatic rings. The van der Waals surface area contributed by atoms with Gasteiger partial charge in [-0.25, -0.2) is 0 Å². The summed E-state index contributed by atoms with van der Waals surface area (Å²) in [5.74, 6) is 0.591. The lowest BCUT2D eigenvalue weighted by Gasteiger charge is -2.15. The van der Waals surface area contributed by atoms with E-state index >= 15 is 0 Å². The molecular formula is C22H23N3O2. The van der Waals surface area contributed by atoms with Gasteiger partial charge in [0.1, 0.15) is 5.75 Å². The van der Waals surface area contributed by atoms with Gasteiger partial charge in [-0.3, -0.25) is 9.78 Å². The molecule has 0 aliphatic carbocycles. The summed E-state index contributed by atoms with van der Waals surface area (Å²) in [5.41, 5.74) is 3.10. The summed E-state index contributed by atoms with van der Waals surface area (Å²) in [7, 11) is 0. The van der Waals surface area contributed by atoms with Crippen molar-refractivity contribution in [3.63, 3.8) is 0 Å². The lowest BCUT2D eigenvalue weighted by molar-refractivity contribution is 0.0950. The topological polar surface area (TPSA) is 63.2 Å². The van der Waals surface area contributed by atoms with Gasteiger partial charge >= 0.3 is 0 Å². The van der Waals surface area contributed by atoms with E-state index in [2.05, 4.69) is 15.6 Å². The highest BCUT2D eigenvalue weighted by Gasteiger charge is 2.09. The van der Waals surface area contributed by atoms with Crippen LogP contribution in [-0.2, 0) is 6.54 Å². The first kappa shape index (κ1) is 18.5. The van der Waals surface area contributed by atoms with Crippen molar-refractivity contribution in [1.82, 2.24) is 10.3 Å². The molecule has 1 heterocycles. The summed E-state index contributed by atoms with van der Waals surface area (Å²) in [6.07, 6.45) is 3.31. The smallest absolute Gasteiger partial charge is 0.253 e. The zero-order valence-corrected chi connectivity index (χ0v) is 15.5. The van der Waals surface area contributed by atoms with Crippen LogP contribution in [0.5, 0.6) is 5.75 Å². The van der Waals surface area contributed by atoms with E-state index < -0.39 is 0 Å². The first-order valence-electron chi connectivity index (χ1n) is 8.91. The minimum atomic E-state index is -0.165. The molecule has 1 aromatic heterocycles. The summed E-state index contributed by atoms with van der Waals surface area (Å²) in [4.78, 5) is 16.6. The summed E-state index contributed by atoms with van der Waals surface area (Å²) < 4.78 is 5.82. The Labute approximate surface area is 159 Å². The van der Waals surface area contributed by atoms with Crippen molar-refractivity contribution in [2.75, 3.05) is 5.32 Å². The Bertz CT molecular complexity index is 895. The van der Waals surface area contributed by atoms with E-state index in [1.807, 2.05) is 68.4 Å². The van der Waals surface area contributed by atoms with Crippen molar-refractivity contribution in [1.29, 1.82) is 0 Å². The van der Waals surface area contributed by atoms with Crippen molar-refractivity contribution >= 4 is 17.3 Å². The van der Waals surface area contributed by atoms with Crippen LogP contribution in [0, 0.1) is 0 Å². The number of anilines is 2. The standard InChI is InChI=1S/C22H23N3O2/c1-16(2)27-21-11-7-6-10-20(21)25-19-12-18(14-23-15-19)22(26)24-13-17-8-4-3-5-9-17/h3-12,14-16,25H,13H2,1-2H3,(H,24,26). The largest absolute Gasteiger partial charge is 0.489 e. The number of carbonyl (C=O) groups is 1. The quantitative estimate of drug-likeness (QED) is 0.648. The molecule has 138 valence electrons. The summed E-state index contributed by atoms with van der Waals surface area (Å²) in [6, 6.07) is 19.3. The second-order valence-electron chi connectivity index (χ2n) is 6.42. The number of hydrogen-bond acceptors (Lipinski definition) is 4. The van der Waals surface area contributed by atoms with Gasteiger partial charge in [-0.1, -0.05) is 42.5 Å². The number of nitrogens with one attached hydrogen (secondary N) is 2. The second-order valence-corrected chi connectivity index (χ2v) is 6.42. The predicted octanol–water partition coefficient (Wildman–Crippen LogP) is 4.54. The summed E-state index contributed by atoms with van der Waals surface area (Å²) >= 11 is 0. The van der Waals surface area contributed by atoms with Crippen LogP contribution in [0.15, 0.2) is 73.1 Å². The van der Waals surface area contributed by atoms with Crippen molar-refractivity contribution in [3.8, 4) is 5.75 Å². The number of nitrogens with zero attached hydrogens (tertiary/aromatic N) is 1. The zero-order chi connectivity index (χ0) is 19.1. The molecule has 0 saturated heterocycles. The Morgan fingerprint density at radius 2 is 1.78 bits per heavy atom. The first-order valence-corrected chi connectivity index (χ1v) is 8.91. The van der Waals surface area contributed by atoms with E-state index in [1.54, 1.807) is 18.5 Å². The summed E-state index contributed by atoms with van der Waals surface area (Å²) in [5, 5.41) is 6.19. The van der Waals surface area contributed by atoms with Crippen LogP contribution in [0.3, 0.4) is 0 Å². The maximum atomic E-state index is 12.4. The number of amides is 1. The van der Waals surface area contributed by atoms with Crippen LogP contribution in [0.2, 0.25) is 0 Å². The van der Waals surface area contributed by atoms with Gasteiger partial charge in [-0.05, 0) is 37.6 Å². The number of rotatable bonds is 7. The van der Waals surface area contributed by atoms with Gasteiger partial charge in [0.2, 0.25) is 0 Å². The maximum absolute atomic E-state index is 12.4. The Morgan fingerprint density at radius 3 is 2.56 bits per heavy atom. The Hall–Kier alpha value is -3.34. The Balaban J connectivity index is 1.69. The molecule has 0 spiro atoms. The van der Waals surface area contributed by atoms with Crippen LogP contribution in [0.1, 0.15) is 29.8 Å². The number of para-hydroxylation sites is 2. The van der Waals surface area contributed by atoms with E-state index in [-0.39, 0.29) is 12.0 Å². The van der Waals surface area contributed by atoms with Gasteiger partial charge in [0.25, 0.3) is 5.91 Å². The third-order valence-electron chi connectivity index (χ3n) is 3.83. The van der Waals surface area contributed by atoms with Crippen LogP contribution >= 0.6 is 0 Å². The molecule has 3 aromatic rings. The van der Waals surface area contributed by atoms with Crippen LogP contribution in [0.25, 0.3) is 0 Å². The van der Waals surface area contributed by atoms with Crippen LogP contribution in [-0.4, -0.2) is 17.0 Å². The van der Waals surface area contributed by atoms with Gasteiger partial charge in [0.15, 0.2) is 0 Å². The lowest BCUT2D eigenvalue weighted by Crippen LogP contribution is -2.23. The Morgan fingerprint density at radius 1 is 1.04 bits per heavy atom. The van der Waals surface area contributed by atoms with Gasteiger partial charge in [0.05, 0.1) is 29.2 Å². The van der Waals surface area contributed by atoms with E-state index in [0.717, 1.165) is 22.7 Å². The molecule has 0 bridgehead atoms. The fraction of sp³-hybridized carbons (Fsp3) is 0.182. The third-order valence-corrected chi connectivity index (χ3v) is 3.83. The molecule has 2 N–H and O–H groups in total. The molecule has 27 heavy (non-hydrogen) atoms. The van der Waals surface area contributed by atoms with E-state index in [0.29, 0.717) is 12.1 Å². The van der Waals surface area contributed by atoms with Gasteiger partial charge in [-0.2, -0.15) is 0 Å². The third kappa shape index (κ3) is 5.31. The molecule has 2 aromatic carbocycles. The molecule has 5 nitrogen and oxygen atoms in total. The van der Waals surface area contributed by atoms with Crippen LogP contribution in [0.4, 0.5) is 11.4 Å². The number of pyridine rings is 1. The molecule has 0 unspecified atom stereocenters. The lowest BCUT2D eigenvalue weighted by atomic mass is 10.2. The number of aromatic nitrogens is 1. The van der Waals surface area contributed by atoms with E-state index in [4.69, 9.17) is 4.74 Å². The van der Waals surface area contributed by atoms with Crippen LogP contribution < -0.4 is 15.4 Å². The maximum Gasteiger partial charge on any atom is 0.253 e. The van der Waals surface area contributed by atoms with Crippen molar-refractivity contribution < 1.29 is 9.53 Å². The SMILES string of the molecule is CC(C)Oc1ccccc1Nc1cncc(C(=O)NCc2ccccc2)c1. The average Bonchev–Trinajstić information content (AvgIpc) is 2.68. The normalized spacial score (nSPS) is 10.5.